The molecule has 6 heteroatoms. The Labute approximate surface area is 132 Å². The van der Waals surface area contributed by atoms with Gasteiger partial charge in [0.15, 0.2) is 5.69 Å². The molecule has 2 N–H and O–H groups in total. The average molecular weight is 325 g/mol. The number of thiophene rings is 1. The molecule has 21 heavy (non-hydrogen) atoms. The zero-order valence-corrected chi connectivity index (χ0v) is 13.7. The molecule has 2 aromatic rings. The molecule has 0 bridgehead atoms. The Morgan fingerprint density at radius 3 is 2.71 bits per heavy atom. The third kappa shape index (κ3) is 3.95. The van der Waals surface area contributed by atoms with E-state index in [0.29, 0.717) is 17.3 Å². The van der Waals surface area contributed by atoms with Gasteiger partial charge in [0.05, 0.1) is 10.7 Å². The first kappa shape index (κ1) is 15.8. The van der Waals surface area contributed by atoms with Crippen molar-refractivity contribution in [1.29, 1.82) is 0 Å². The summed E-state index contributed by atoms with van der Waals surface area (Å²) in [5, 5.41) is 12.6. The average Bonchev–Trinajstić information content (AvgIpc) is 2.84. The summed E-state index contributed by atoms with van der Waals surface area (Å²) in [5.41, 5.74) is 0.528. The third-order valence-electron chi connectivity index (χ3n) is 2.91. The van der Waals surface area contributed by atoms with Gasteiger partial charge in [-0.3, -0.25) is 0 Å². The molecule has 2 aromatic heterocycles. The number of carbonyl (C=O) groups is 1. The van der Waals surface area contributed by atoms with Gasteiger partial charge in [0, 0.05) is 22.5 Å². The first-order chi connectivity index (χ1) is 9.77. The van der Waals surface area contributed by atoms with Crippen LogP contribution in [0.5, 0.6) is 0 Å². The number of hydrogen-bond donors (Lipinski definition) is 2. The van der Waals surface area contributed by atoms with Crippen LogP contribution in [-0.4, -0.2) is 16.1 Å². The van der Waals surface area contributed by atoms with Crippen molar-refractivity contribution in [2.24, 2.45) is 0 Å². The molecule has 2 rings (SSSR count). The predicted octanol–water partition coefficient (Wildman–Crippen LogP) is 4.40. The number of nitrogens with zero attached hydrogens (tertiary/aromatic N) is 1. The van der Waals surface area contributed by atoms with Crippen molar-refractivity contribution in [2.45, 2.75) is 32.7 Å². The van der Waals surface area contributed by atoms with Crippen LogP contribution in [0.1, 0.15) is 41.0 Å². The van der Waals surface area contributed by atoms with Gasteiger partial charge in [-0.15, -0.1) is 11.3 Å². The summed E-state index contributed by atoms with van der Waals surface area (Å²) in [6, 6.07) is 5.74. The summed E-state index contributed by atoms with van der Waals surface area (Å²) in [5.74, 6) is -1.07. The third-order valence-corrected chi connectivity index (χ3v) is 4.63. The predicted molar refractivity (Wildman–Crippen MR) is 86.6 cm³/mol. The van der Waals surface area contributed by atoms with Crippen LogP contribution >= 0.6 is 22.9 Å². The molecular formula is C15H17ClN2O2S. The van der Waals surface area contributed by atoms with Crippen molar-refractivity contribution in [3.8, 4) is 0 Å². The molecule has 0 radical (unpaired) electrons. The fraction of sp³-hybridized carbons (Fsp3) is 0.333. The first-order valence-corrected chi connectivity index (χ1v) is 7.69. The zero-order chi connectivity index (χ0) is 15.6. The monoisotopic (exact) mass is 324 g/mol. The molecule has 2 heterocycles. The Balaban J connectivity index is 2.15. The van der Waals surface area contributed by atoms with Crippen LogP contribution < -0.4 is 5.32 Å². The highest BCUT2D eigenvalue weighted by Crippen LogP contribution is 2.30. The van der Waals surface area contributed by atoms with Crippen molar-refractivity contribution < 1.29 is 9.90 Å². The number of nitrogens with one attached hydrogen (secondary N) is 1. The molecule has 0 aromatic carbocycles. The minimum Gasteiger partial charge on any atom is -0.476 e. The number of carboxylic acid groups (broad SMARTS) is 1. The Morgan fingerprint density at radius 2 is 2.14 bits per heavy atom. The van der Waals surface area contributed by atoms with Gasteiger partial charge in [0.1, 0.15) is 0 Å². The molecule has 0 aliphatic heterocycles. The van der Waals surface area contributed by atoms with Gasteiger partial charge >= 0.3 is 5.97 Å². The number of hydrogen-bond acceptors (Lipinski definition) is 4. The van der Waals surface area contributed by atoms with Crippen LogP contribution in [0.25, 0.3) is 0 Å². The fourth-order valence-corrected chi connectivity index (χ4v) is 2.97. The van der Waals surface area contributed by atoms with Crippen molar-refractivity contribution in [3.63, 3.8) is 0 Å². The minimum atomic E-state index is -1.07. The molecule has 0 aliphatic rings. The standard InChI is InChI=1S/C15H17ClN2O2S/c1-15(2,3)12-5-4-10(21-12)8-17-11-6-9(16)7-18-13(11)14(19)20/h4-7,17H,8H2,1-3H3,(H,19,20). The smallest absolute Gasteiger partial charge is 0.356 e. The van der Waals surface area contributed by atoms with Crippen molar-refractivity contribution >= 4 is 34.6 Å². The summed E-state index contributed by atoms with van der Waals surface area (Å²) in [4.78, 5) is 17.4. The highest BCUT2D eigenvalue weighted by Gasteiger charge is 2.16. The SMILES string of the molecule is CC(C)(C)c1ccc(CNc2cc(Cl)cnc2C(=O)O)s1. The van der Waals surface area contributed by atoms with E-state index < -0.39 is 5.97 Å². The number of halogens is 1. The molecular weight excluding hydrogens is 308 g/mol. The van der Waals surface area contributed by atoms with Crippen LogP contribution in [0.2, 0.25) is 5.02 Å². The highest BCUT2D eigenvalue weighted by molar-refractivity contribution is 7.12. The molecule has 0 saturated heterocycles. The molecule has 0 aliphatic carbocycles. The summed E-state index contributed by atoms with van der Waals surface area (Å²) in [7, 11) is 0. The van der Waals surface area contributed by atoms with Gasteiger partial charge in [0.25, 0.3) is 0 Å². The summed E-state index contributed by atoms with van der Waals surface area (Å²) < 4.78 is 0. The lowest BCUT2D eigenvalue weighted by molar-refractivity contribution is 0.0691. The topological polar surface area (TPSA) is 62.2 Å². The molecule has 4 nitrogen and oxygen atoms in total. The summed E-state index contributed by atoms with van der Waals surface area (Å²) >= 11 is 7.59. The Morgan fingerprint density at radius 1 is 1.43 bits per heavy atom. The van der Waals surface area contributed by atoms with E-state index in [-0.39, 0.29) is 11.1 Å². The number of anilines is 1. The molecule has 112 valence electrons. The number of aromatic carboxylic acids is 1. The van der Waals surface area contributed by atoms with Crippen molar-refractivity contribution in [2.75, 3.05) is 5.32 Å². The molecule has 0 spiro atoms. The second-order valence-electron chi connectivity index (χ2n) is 5.72. The largest absolute Gasteiger partial charge is 0.476 e. The molecule has 0 atom stereocenters. The number of aromatic nitrogens is 1. The Bertz CT molecular complexity index is 662. The van der Waals surface area contributed by atoms with Gasteiger partial charge in [0.2, 0.25) is 0 Å². The van der Waals surface area contributed by atoms with E-state index in [4.69, 9.17) is 16.7 Å². The summed E-state index contributed by atoms with van der Waals surface area (Å²) in [6.07, 6.45) is 1.33. The van der Waals surface area contributed by atoms with E-state index >= 15 is 0 Å². The maximum atomic E-state index is 11.1. The van der Waals surface area contributed by atoms with Crippen LogP contribution in [0.15, 0.2) is 24.4 Å². The second kappa shape index (κ2) is 6.03. The second-order valence-corrected chi connectivity index (χ2v) is 7.33. The zero-order valence-electron chi connectivity index (χ0n) is 12.1. The van der Waals surface area contributed by atoms with Gasteiger partial charge in [-0.1, -0.05) is 32.4 Å². The number of carboxylic acids is 1. The maximum Gasteiger partial charge on any atom is 0.356 e. The van der Waals surface area contributed by atoms with Gasteiger partial charge < -0.3 is 10.4 Å². The molecule has 0 unspecified atom stereocenters. The van der Waals surface area contributed by atoms with E-state index in [0.717, 1.165) is 4.88 Å². The Kier molecular flexibility index (Phi) is 4.54. The molecule has 0 fully saturated rings. The lowest BCUT2D eigenvalue weighted by Crippen LogP contribution is -2.08. The minimum absolute atomic E-state index is 0.0213. The summed E-state index contributed by atoms with van der Waals surface area (Å²) in [6.45, 7) is 7.04. The van der Waals surface area contributed by atoms with Crippen molar-refractivity contribution in [3.05, 3.63) is 44.9 Å². The molecule has 0 saturated carbocycles. The van der Waals surface area contributed by atoms with Gasteiger partial charge in [-0.05, 0) is 23.6 Å². The van der Waals surface area contributed by atoms with Gasteiger partial charge in [-0.2, -0.15) is 0 Å². The quantitative estimate of drug-likeness (QED) is 0.874. The number of rotatable bonds is 4. The lowest BCUT2D eigenvalue weighted by Gasteiger charge is -2.15. The first-order valence-electron chi connectivity index (χ1n) is 6.49. The van der Waals surface area contributed by atoms with Crippen molar-refractivity contribution in [1.82, 2.24) is 4.98 Å². The lowest BCUT2D eigenvalue weighted by atomic mass is 9.95. The maximum absolute atomic E-state index is 11.1. The molecule has 0 amide bonds. The van der Waals surface area contributed by atoms with Gasteiger partial charge in [-0.25, -0.2) is 9.78 Å². The highest BCUT2D eigenvalue weighted by atomic mass is 35.5. The van der Waals surface area contributed by atoms with Crippen LogP contribution in [0, 0.1) is 0 Å². The van der Waals surface area contributed by atoms with Crippen LogP contribution in [0.3, 0.4) is 0 Å². The fourth-order valence-electron chi connectivity index (χ4n) is 1.80. The van der Waals surface area contributed by atoms with Crippen LogP contribution in [-0.2, 0) is 12.0 Å². The van der Waals surface area contributed by atoms with E-state index in [1.165, 1.54) is 11.1 Å². The van der Waals surface area contributed by atoms with Crippen LogP contribution in [0.4, 0.5) is 5.69 Å². The van der Waals surface area contributed by atoms with E-state index in [2.05, 4.69) is 43.2 Å². The normalized spacial score (nSPS) is 11.4. The van der Waals surface area contributed by atoms with E-state index in [1.54, 1.807) is 17.4 Å². The van der Waals surface area contributed by atoms with E-state index in [9.17, 15) is 4.79 Å². The number of pyridine rings is 1. The van der Waals surface area contributed by atoms with E-state index in [1.807, 2.05) is 0 Å². The Hall–Kier alpha value is -1.59.